The van der Waals surface area contributed by atoms with Gasteiger partial charge in [-0.1, -0.05) is 23.7 Å². The molecule has 5 nitrogen and oxygen atoms in total. The standard InChI is InChI=1S/C21H23ClN2O3/c22-18-7-5-15(6-8-18)19-4-2-11-24(19)21(26)16-3-1-10-23(13-16)20(25)17-9-12-27-14-17/h5-9,12,14,16,19H,1-4,10-11,13H2/t16-,19+/m1/s1. The lowest BCUT2D eigenvalue weighted by Gasteiger charge is -2.35. The topological polar surface area (TPSA) is 53.8 Å². The van der Waals surface area contributed by atoms with Crippen LogP contribution in [0.5, 0.6) is 0 Å². The lowest BCUT2D eigenvalue weighted by Crippen LogP contribution is -2.46. The molecule has 0 N–H and O–H groups in total. The zero-order valence-corrected chi connectivity index (χ0v) is 15.9. The first-order valence-corrected chi connectivity index (χ1v) is 9.88. The van der Waals surface area contributed by atoms with Crippen molar-refractivity contribution in [2.75, 3.05) is 19.6 Å². The van der Waals surface area contributed by atoms with Gasteiger partial charge >= 0.3 is 0 Å². The maximum absolute atomic E-state index is 13.2. The van der Waals surface area contributed by atoms with Crippen molar-refractivity contribution in [1.29, 1.82) is 0 Å². The van der Waals surface area contributed by atoms with Crippen molar-refractivity contribution in [3.8, 4) is 0 Å². The fourth-order valence-corrected chi connectivity index (χ4v) is 4.35. The number of halogens is 1. The molecular formula is C21H23ClN2O3. The first kappa shape index (κ1) is 18.1. The fraction of sp³-hybridized carbons (Fsp3) is 0.429. The lowest BCUT2D eigenvalue weighted by molar-refractivity contribution is -0.137. The minimum atomic E-state index is -0.137. The molecule has 0 spiro atoms. The summed E-state index contributed by atoms with van der Waals surface area (Å²) >= 11 is 6.00. The van der Waals surface area contributed by atoms with Crippen molar-refractivity contribution in [3.05, 3.63) is 59.0 Å². The van der Waals surface area contributed by atoms with E-state index >= 15 is 0 Å². The average molecular weight is 387 g/mol. The van der Waals surface area contributed by atoms with Gasteiger partial charge in [0.1, 0.15) is 6.26 Å². The number of carbonyl (C=O) groups is 2. The third-order valence-electron chi connectivity index (χ3n) is 5.62. The molecule has 0 saturated carbocycles. The number of furan rings is 1. The van der Waals surface area contributed by atoms with Crippen LogP contribution in [0.2, 0.25) is 5.02 Å². The minimum Gasteiger partial charge on any atom is -0.472 e. The zero-order valence-electron chi connectivity index (χ0n) is 15.1. The van der Waals surface area contributed by atoms with Gasteiger partial charge in [0.25, 0.3) is 5.91 Å². The minimum absolute atomic E-state index is 0.0584. The summed E-state index contributed by atoms with van der Waals surface area (Å²) in [7, 11) is 0. The molecule has 2 atom stereocenters. The second-order valence-corrected chi connectivity index (χ2v) is 7.78. The summed E-state index contributed by atoms with van der Waals surface area (Å²) < 4.78 is 5.02. The predicted molar refractivity (Wildman–Crippen MR) is 102 cm³/mol. The Labute approximate surface area is 163 Å². The molecule has 0 aliphatic carbocycles. The second-order valence-electron chi connectivity index (χ2n) is 7.34. The van der Waals surface area contributed by atoms with E-state index in [1.807, 2.05) is 29.2 Å². The number of nitrogens with zero attached hydrogens (tertiary/aromatic N) is 2. The van der Waals surface area contributed by atoms with E-state index in [0.717, 1.165) is 37.8 Å². The van der Waals surface area contributed by atoms with Crippen molar-refractivity contribution in [3.63, 3.8) is 0 Å². The van der Waals surface area contributed by atoms with E-state index in [1.54, 1.807) is 11.0 Å². The van der Waals surface area contributed by atoms with Crippen LogP contribution in [0.25, 0.3) is 0 Å². The smallest absolute Gasteiger partial charge is 0.257 e. The van der Waals surface area contributed by atoms with Crippen molar-refractivity contribution in [1.82, 2.24) is 9.80 Å². The Balaban J connectivity index is 1.46. The van der Waals surface area contributed by atoms with Crippen LogP contribution in [0.1, 0.15) is 47.6 Å². The third kappa shape index (κ3) is 3.74. The zero-order chi connectivity index (χ0) is 18.8. The van der Waals surface area contributed by atoms with Gasteiger partial charge in [0, 0.05) is 24.7 Å². The van der Waals surface area contributed by atoms with Crippen LogP contribution in [0, 0.1) is 5.92 Å². The average Bonchev–Trinajstić information content (AvgIpc) is 3.39. The van der Waals surface area contributed by atoms with Crippen molar-refractivity contribution >= 4 is 23.4 Å². The molecule has 2 fully saturated rings. The van der Waals surface area contributed by atoms with Gasteiger partial charge in [0.2, 0.25) is 5.91 Å². The molecule has 3 heterocycles. The Bertz CT molecular complexity index is 803. The molecule has 6 heteroatoms. The molecule has 27 heavy (non-hydrogen) atoms. The van der Waals surface area contributed by atoms with E-state index in [0.29, 0.717) is 23.7 Å². The van der Waals surface area contributed by atoms with Crippen LogP contribution in [-0.4, -0.2) is 41.2 Å². The molecule has 1 aromatic heterocycles. The maximum Gasteiger partial charge on any atom is 0.257 e. The van der Waals surface area contributed by atoms with Gasteiger partial charge in [-0.3, -0.25) is 9.59 Å². The number of carbonyl (C=O) groups excluding carboxylic acids is 2. The summed E-state index contributed by atoms with van der Waals surface area (Å²) in [4.78, 5) is 29.6. The lowest BCUT2D eigenvalue weighted by atomic mass is 9.95. The molecule has 2 amide bonds. The third-order valence-corrected chi connectivity index (χ3v) is 5.87. The predicted octanol–water partition coefficient (Wildman–Crippen LogP) is 4.15. The van der Waals surface area contributed by atoms with E-state index in [2.05, 4.69) is 0 Å². The fourth-order valence-electron chi connectivity index (χ4n) is 4.23. The Morgan fingerprint density at radius 2 is 1.81 bits per heavy atom. The highest BCUT2D eigenvalue weighted by molar-refractivity contribution is 6.30. The second kappa shape index (κ2) is 7.77. The monoisotopic (exact) mass is 386 g/mol. The Kier molecular flexibility index (Phi) is 5.21. The van der Waals surface area contributed by atoms with Crippen molar-refractivity contribution < 1.29 is 14.0 Å². The summed E-state index contributed by atoms with van der Waals surface area (Å²) in [6.45, 7) is 1.94. The van der Waals surface area contributed by atoms with E-state index in [9.17, 15) is 9.59 Å². The van der Waals surface area contributed by atoms with Gasteiger partial charge in [-0.15, -0.1) is 0 Å². The van der Waals surface area contributed by atoms with Crippen LogP contribution in [0.3, 0.4) is 0 Å². The molecule has 1 aromatic carbocycles. The highest BCUT2D eigenvalue weighted by atomic mass is 35.5. The first-order valence-electron chi connectivity index (χ1n) is 9.51. The SMILES string of the molecule is O=C(c1ccoc1)N1CCC[C@@H](C(=O)N2CCC[C@H]2c2ccc(Cl)cc2)C1. The van der Waals surface area contributed by atoms with E-state index < -0.39 is 0 Å². The molecule has 4 rings (SSSR count). The normalized spacial score (nSPS) is 22.9. The molecule has 2 aliphatic heterocycles. The van der Waals surface area contributed by atoms with Gasteiger partial charge < -0.3 is 14.2 Å². The summed E-state index contributed by atoms with van der Waals surface area (Å²) in [5, 5.41) is 0.704. The summed E-state index contributed by atoms with van der Waals surface area (Å²) in [6, 6.07) is 9.55. The molecule has 2 aromatic rings. The van der Waals surface area contributed by atoms with Crippen LogP contribution in [0.4, 0.5) is 0 Å². The summed E-state index contributed by atoms with van der Waals surface area (Å²) in [5.74, 6) is -0.0310. The van der Waals surface area contributed by atoms with Gasteiger partial charge in [0.15, 0.2) is 0 Å². The Morgan fingerprint density at radius 3 is 2.56 bits per heavy atom. The number of benzene rings is 1. The highest BCUT2D eigenvalue weighted by Crippen LogP contribution is 2.35. The molecule has 2 aliphatic rings. The van der Waals surface area contributed by atoms with E-state index in [4.69, 9.17) is 16.0 Å². The number of hydrogen-bond acceptors (Lipinski definition) is 3. The number of rotatable bonds is 3. The molecule has 2 saturated heterocycles. The molecule has 142 valence electrons. The molecule has 0 radical (unpaired) electrons. The van der Waals surface area contributed by atoms with Gasteiger partial charge in [-0.25, -0.2) is 0 Å². The van der Waals surface area contributed by atoms with Gasteiger partial charge in [-0.2, -0.15) is 0 Å². The van der Waals surface area contributed by atoms with Gasteiger partial charge in [-0.05, 0) is 49.4 Å². The summed E-state index contributed by atoms with van der Waals surface area (Å²) in [5.41, 5.74) is 1.68. The first-order chi connectivity index (χ1) is 13.1. The van der Waals surface area contributed by atoms with E-state index in [-0.39, 0.29) is 23.8 Å². The maximum atomic E-state index is 13.2. The highest BCUT2D eigenvalue weighted by Gasteiger charge is 2.36. The van der Waals surface area contributed by atoms with E-state index in [1.165, 1.54) is 12.5 Å². The largest absolute Gasteiger partial charge is 0.472 e. The van der Waals surface area contributed by atoms with Gasteiger partial charge in [0.05, 0.1) is 23.8 Å². The number of piperidine rings is 1. The number of likely N-dealkylation sites (tertiary alicyclic amines) is 2. The molecule has 0 bridgehead atoms. The number of hydrogen-bond donors (Lipinski definition) is 0. The molecular weight excluding hydrogens is 364 g/mol. The Morgan fingerprint density at radius 1 is 1.04 bits per heavy atom. The quantitative estimate of drug-likeness (QED) is 0.796. The molecule has 0 unspecified atom stereocenters. The van der Waals surface area contributed by atoms with Crippen LogP contribution in [-0.2, 0) is 4.79 Å². The number of amides is 2. The van der Waals surface area contributed by atoms with Crippen molar-refractivity contribution in [2.45, 2.75) is 31.7 Å². The van der Waals surface area contributed by atoms with Crippen LogP contribution < -0.4 is 0 Å². The van der Waals surface area contributed by atoms with Crippen LogP contribution >= 0.6 is 11.6 Å². The summed E-state index contributed by atoms with van der Waals surface area (Å²) in [6.07, 6.45) is 6.62. The Hall–Kier alpha value is -2.27. The van der Waals surface area contributed by atoms with Crippen LogP contribution in [0.15, 0.2) is 47.3 Å². The van der Waals surface area contributed by atoms with Crippen molar-refractivity contribution in [2.24, 2.45) is 5.92 Å².